The third kappa shape index (κ3) is 1.70. The van der Waals surface area contributed by atoms with Crippen molar-refractivity contribution in [2.24, 2.45) is 0 Å². The summed E-state index contributed by atoms with van der Waals surface area (Å²) in [6, 6.07) is 7.99. The molecular weight excluding hydrogens is 182 g/mol. The predicted octanol–water partition coefficient (Wildman–Crippen LogP) is 1.91. The van der Waals surface area contributed by atoms with Gasteiger partial charge in [-0.05, 0) is 19.1 Å². The molecule has 1 N–H and O–H groups in total. The average Bonchev–Trinajstić information content (AvgIpc) is 2.27. The summed E-state index contributed by atoms with van der Waals surface area (Å²) in [6.45, 7) is 2.02. The quantitative estimate of drug-likeness (QED) is 0.682. The highest BCUT2D eigenvalue weighted by Gasteiger charge is 2.18. The van der Waals surface area contributed by atoms with Crippen LogP contribution in [0.5, 0.6) is 0 Å². The van der Waals surface area contributed by atoms with Crippen molar-refractivity contribution < 1.29 is 4.79 Å². The maximum atomic E-state index is 11.6. The minimum atomic E-state index is 0.0492. The van der Waals surface area contributed by atoms with E-state index in [4.69, 9.17) is 0 Å². The molecule has 2 nitrogen and oxygen atoms in total. The summed E-state index contributed by atoms with van der Waals surface area (Å²) in [5.41, 5.74) is 0.803. The minimum absolute atomic E-state index is 0.0492. The number of amides is 1. The van der Waals surface area contributed by atoms with Gasteiger partial charge in [-0.15, -0.1) is 11.8 Å². The molecule has 68 valence electrons. The largest absolute Gasteiger partial charge is 0.349 e. The predicted molar refractivity (Wildman–Crippen MR) is 54.1 cm³/mol. The zero-order valence-corrected chi connectivity index (χ0v) is 8.23. The minimum Gasteiger partial charge on any atom is -0.349 e. The highest BCUT2D eigenvalue weighted by Crippen LogP contribution is 2.25. The van der Waals surface area contributed by atoms with E-state index in [9.17, 15) is 4.79 Å². The van der Waals surface area contributed by atoms with E-state index < -0.39 is 0 Å². The molecule has 1 aromatic rings. The Kier molecular flexibility index (Phi) is 2.27. The van der Waals surface area contributed by atoms with Crippen LogP contribution in [-0.2, 0) is 0 Å². The van der Waals surface area contributed by atoms with Crippen molar-refractivity contribution in [1.82, 2.24) is 5.32 Å². The molecular formula is C10H11NOS. The number of benzene rings is 1. The Balaban J connectivity index is 2.40. The molecule has 3 heteroatoms. The molecule has 1 aliphatic heterocycles. The Hall–Kier alpha value is -0.960. The SMILES string of the molecule is CC1CSc2ccccc2C(=O)N1. The molecule has 0 spiro atoms. The number of rotatable bonds is 0. The monoisotopic (exact) mass is 193 g/mol. The Morgan fingerprint density at radius 2 is 2.23 bits per heavy atom. The third-order valence-corrected chi connectivity index (χ3v) is 3.33. The molecule has 0 saturated carbocycles. The standard InChI is InChI=1S/C10H11NOS/c1-7-6-13-9-5-3-2-4-8(9)10(12)11-7/h2-5,7H,6H2,1H3,(H,11,12). The molecule has 0 aromatic heterocycles. The van der Waals surface area contributed by atoms with E-state index in [0.717, 1.165) is 16.2 Å². The fourth-order valence-corrected chi connectivity index (χ4v) is 2.34. The second-order valence-corrected chi connectivity index (χ2v) is 4.24. The normalized spacial score (nSPS) is 21.6. The van der Waals surface area contributed by atoms with Gasteiger partial charge < -0.3 is 5.32 Å². The number of hydrogen-bond donors (Lipinski definition) is 1. The van der Waals surface area contributed by atoms with E-state index in [2.05, 4.69) is 5.32 Å². The van der Waals surface area contributed by atoms with Crippen LogP contribution in [0.4, 0.5) is 0 Å². The first kappa shape index (κ1) is 8.63. The van der Waals surface area contributed by atoms with Gasteiger partial charge in [0.15, 0.2) is 0 Å². The van der Waals surface area contributed by atoms with Crippen molar-refractivity contribution in [3.05, 3.63) is 29.8 Å². The van der Waals surface area contributed by atoms with Crippen molar-refractivity contribution >= 4 is 17.7 Å². The number of hydrogen-bond acceptors (Lipinski definition) is 2. The van der Waals surface area contributed by atoms with Crippen LogP contribution in [0, 0.1) is 0 Å². The molecule has 2 rings (SSSR count). The molecule has 1 amide bonds. The molecule has 0 aliphatic carbocycles. The zero-order valence-electron chi connectivity index (χ0n) is 7.41. The fourth-order valence-electron chi connectivity index (χ4n) is 1.34. The van der Waals surface area contributed by atoms with E-state index in [-0.39, 0.29) is 11.9 Å². The highest BCUT2D eigenvalue weighted by atomic mass is 32.2. The van der Waals surface area contributed by atoms with Crippen LogP contribution in [0.3, 0.4) is 0 Å². The van der Waals surface area contributed by atoms with Crippen molar-refractivity contribution in [1.29, 1.82) is 0 Å². The first-order valence-corrected chi connectivity index (χ1v) is 5.28. The molecule has 0 bridgehead atoms. The maximum Gasteiger partial charge on any atom is 0.252 e. The number of fused-ring (bicyclic) bond motifs is 1. The Bertz CT molecular complexity index is 337. The topological polar surface area (TPSA) is 29.1 Å². The van der Waals surface area contributed by atoms with Crippen LogP contribution >= 0.6 is 11.8 Å². The van der Waals surface area contributed by atoms with E-state index in [1.165, 1.54) is 0 Å². The summed E-state index contributed by atoms with van der Waals surface area (Å²) in [5.74, 6) is 0.996. The van der Waals surface area contributed by atoms with Gasteiger partial charge in [0.25, 0.3) is 5.91 Å². The summed E-state index contributed by atoms with van der Waals surface area (Å²) in [6.07, 6.45) is 0. The molecule has 0 saturated heterocycles. The molecule has 0 fully saturated rings. The summed E-state index contributed by atoms with van der Waals surface area (Å²) < 4.78 is 0. The summed E-state index contributed by atoms with van der Waals surface area (Å²) in [5, 5.41) is 2.94. The number of nitrogens with one attached hydrogen (secondary N) is 1. The lowest BCUT2D eigenvalue weighted by Crippen LogP contribution is -2.32. The zero-order chi connectivity index (χ0) is 9.26. The second-order valence-electron chi connectivity index (χ2n) is 3.18. The molecule has 0 radical (unpaired) electrons. The van der Waals surface area contributed by atoms with Gasteiger partial charge in [-0.2, -0.15) is 0 Å². The number of carbonyl (C=O) groups is 1. The van der Waals surface area contributed by atoms with E-state index >= 15 is 0 Å². The first-order valence-electron chi connectivity index (χ1n) is 4.30. The van der Waals surface area contributed by atoms with E-state index in [1.807, 2.05) is 31.2 Å². The Labute approximate surface area is 81.7 Å². The summed E-state index contributed by atoms with van der Waals surface area (Å²) in [4.78, 5) is 12.7. The molecule has 13 heavy (non-hydrogen) atoms. The summed E-state index contributed by atoms with van der Waals surface area (Å²) in [7, 11) is 0. The van der Waals surface area contributed by atoms with Crippen LogP contribution in [0.25, 0.3) is 0 Å². The average molecular weight is 193 g/mol. The van der Waals surface area contributed by atoms with Gasteiger partial charge in [-0.3, -0.25) is 4.79 Å². The van der Waals surface area contributed by atoms with Gasteiger partial charge in [0.05, 0.1) is 5.56 Å². The highest BCUT2D eigenvalue weighted by molar-refractivity contribution is 7.99. The van der Waals surface area contributed by atoms with E-state index in [1.54, 1.807) is 11.8 Å². The van der Waals surface area contributed by atoms with Crippen molar-refractivity contribution in [2.75, 3.05) is 5.75 Å². The van der Waals surface area contributed by atoms with Crippen LogP contribution in [0.1, 0.15) is 17.3 Å². The lowest BCUT2D eigenvalue weighted by atomic mass is 10.2. The molecule has 1 unspecified atom stereocenters. The van der Waals surface area contributed by atoms with Crippen molar-refractivity contribution in [3.8, 4) is 0 Å². The Morgan fingerprint density at radius 1 is 1.46 bits per heavy atom. The molecule has 1 heterocycles. The van der Waals surface area contributed by atoms with Gasteiger partial charge in [0, 0.05) is 16.7 Å². The van der Waals surface area contributed by atoms with Gasteiger partial charge >= 0.3 is 0 Å². The van der Waals surface area contributed by atoms with E-state index in [0.29, 0.717) is 0 Å². The van der Waals surface area contributed by atoms with Crippen molar-refractivity contribution in [3.63, 3.8) is 0 Å². The lowest BCUT2D eigenvalue weighted by molar-refractivity contribution is 0.0942. The van der Waals surface area contributed by atoms with Gasteiger partial charge in [-0.25, -0.2) is 0 Å². The number of carbonyl (C=O) groups excluding carboxylic acids is 1. The van der Waals surface area contributed by atoms with Crippen molar-refractivity contribution in [2.45, 2.75) is 17.9 Å². The maximum absolute atomic E-state index is 11.6. The Morgan fingerprint density at radius 3 is 3.08 bits per heavy atom. The fraction of sp³-hybridized carbons (Fsp3) is 0.300. The second kappa shape index (κ2) is 3.42. The summed E-state index contributed by atoms with van der Waals surface area (Å²) >= 11 is 1.74. The third-order valence-electron chi connectivity index (χ3n) is 2.00. The molecule has 1 atom stereocenters. The first-order chi connectivity index (χ1) is 6.27. The van der Waals surface area contributed by atoms with Crippen LogP contribution in [-0.4, -0.2) is 17.7 Å². The van der Waals surface area contributed by atoms with Gasteiger partial charge in [0.2, 0.25) is 0 Å². The van der Waals surface area contributed by atoms with Crippen LogP contribution in [0.15, 0.2) is 29.2 Å². The molecule has 1 aromatic carbocycles. The van der Waals surface area contributed by atoms with Gasteiger partial charge in [-0.1, -0.05) is 12.1 Å². The smallest absolute Gasteiger partial charge is 0.252 e. The number of thioether (sulfide) groups is 1. The lowest BCUT2D eigenvalue weighted by Gasteiger charge is -2.07. The molecule has 1 aliphatic rings. The van der Waals surface area contributed by atoms with Gasteiger partial charge in [0.1, 0.15) is 0 Å². The van der Waals surface area contributed by atoms with Crippen LogP contribution in [0.2, 0.25) is 0 Å². The van der Waals surface area contributed by atoms with Crippen LogP contribution < -0.4 is 5.32 Å².